The zero-order chi connectivity index (χ0) is 11.0. The second-order valence-electron chi connectivity index (χ2n) is 4.81. The fraction of sp³-hybridized carbons (Fsp3) is 0.500. The standard InChI is InChI=1S/C14H16O2/c15-14-13(10-6-2-1-3-7-10)11-8-4-5-9-12(11)16-14/h1-3,6-7,11-13H,4-5,8-9H2/t11-,12-,13+/m0/s1. The van der Waals surface area contributed by atoms with E-state index in [2.05, 4.69) is 0 Å². The van der Waals surface area contributed by atoms with Crippen LogP contribution < -0.4 is 0 Å². The molecule has 3 atom stereocenters. The van der Waals surface area contributed by atoms with E-state index in [9.17, 15) is 4.79 Å². The van der Waals surface area contributed by atoms with Crippen LogP contribution in [-0.4, -0.2) is 12.1 Å². The predicted octanol–water partition coefficient (Wildman–Crippen LogP) is 2.89. The lowest BCUT2D eigenvalue weighted by Gasteiger charge is -2.25. The van der Waals surface area contributed by atoms with Crippen LogP contribution in [0.5, 0.6) is 0 Å². The Balaban J connectivity index is 1.91. The van der Waals surface area contributed by atoms with Crippen LogP contribution in [0.4, 0.5) is 0 Å². The van der Waals surface area contributed by atoms with Crippen molar-refractivity contribution in [2.45, 2.75) is 37.7 Å². The molecule has 1 saturated heterocycles. The van der Waals surface area contributed by atoms with Gasteiger partial charge in [0.25, 0.3) is 0 Å². The Morgan fingerprint density at radius 1 is 1.06 bits per heavy atom. The number of hydrogen-bond donors (Lipinski definition) is 0. The molecule has 3 rings (SSSR count). The minimum Gasteiger partial charge on any atom is -0.462 e. The largest absolute Gasteiger partial charge is 0.462 e. The number of hydrogen-bond acceptors (Lipinski definition) is 2. The molecule has 2 fully saturated rings. The first-order valence-electron chi connectivity index (χ1n) is 6.12. The molecule has 1 aromatic carbocycles. The highest BCUT2D eigenvalue weighted by Gasteiger charge is 2.45. The molecule has 0 amide bonds. The normalized spacial score (nSPS) is 33.2. The summed E-state index contributed by atoms with van der Waals surface area (Å²) in [6, 6.07) is 10.1. The molecule has 1 aliphatic heterocycles. The summed E-state index contributed by atoms with van der Waals surface area (Å²) in [5.41, 5.74) is 1.13. The second-order valence-corrected chi connectivity index (χ2v) is 4.81. The molecule has 0 bridgehead atoms. The monoisotopic (exact) mass is 216 g/mol. The van der Waals surface area contributed by atoms with Gasteiger partial charge in [0, 0.05) is 5.92 Å². The van der Waals surface area contributed by atoms with Gasteiger partial charge in [-0.05, 0) is 24.8 Å². The van der Waals surface area contributed by atoms with Gasteiger partial charge in [0.2, 0.25) is 0 Å². The number of carbonyl (C=O) groups is 1. The third-order valence-electron chi connectivity index (χ3n) is 3.86. The Hall–Kier alpha value is -1.31. The van der Waals surface area contributed by atoms with Gasteiger partial charge in [-0.2, -0.15) is 0 Å². The smallest absolute Gasteiger partial charge is 0.314 e. The zero-order valence-electron chi connectivity index (χ0n) is 9.26. The van der Waals surface area contributed by atoms with Crippen LogP contribution in [-0.2, 0) is 9.53 Å². The van der Waals surface area contributed by atoms with E-state index in [1.54, 1.807) is 0 Å². The molecule has 0 N–H and O–H groups in total. The molecular formula is C14H16O2. The van der Waals surface area contributed by atoms with E-state index < -0.39 is 0 Å². The van der Waals surface area contributed by atoms with E-state index in [0.717, 1.165) is 18.4 Å². The summed E-state index contributed by atoms with van der Waals surface area (Å²) in [6.45, 7) is 0. The first-order chi connectivity index (χ1) is 7.86. The van der Waals surface area contributed by atoms with Crippen LogP contribution in [0.15, 0.2) is 30.3 Å². The number of esters is 1. The van der Waals surface area contributed by atoms with Crippen LogP contribution in [0.3, 0.4) is 0 Å². The van der Waals surface area contributed by atoms with Crippen molar-refractivity contribution in [1.29, 1.82) is 0 Å². The molecule has 2 nitrogen and oxygen atoms in total. The van der Waals surface area contributed by atoms with Crippen molar-refractivity contribution in [3.8, 4) is 0 Å². The molecule has 1 saturated carbocycles. The summed E-state index contributed by atoms with van der Waals surface area (Å²) >= 11 is 0. The summed E-state index contributed by atoms with van der Waals surface area (Å²) in [5.74, 6) is 0.401. The minimum absolute atomic E-state index is 0.00787. The van der Waals surface area contributed by atoms with Gasteiger partial charge in [-0.25, -0.2) is 0 Å². The third kappa shape index (κ3) is 1.53. The SMILES string of the molecule is O=C1O[C@H]2CCCC[C@@H]2[C@H]1c1ccccc1. The Labute approximate surface area is 95.6 Å². The Morgan fingerprint density at radius 3 is 2.62 bits per heavy atom. The van der Waals surface area contributed by atoms with Crippen molar-refractivity contribution in [3.63, 3.8) is 0 Å². The average molecular weight is 216 g/mol. The maximum absolute atomic E-state index is 11.9. The molecule has 0 unspecified atom stereocenters. The molecule has 84 valence electrons. The minimum atomic E-state index is -0.0110. The molecule has 1 aromatic rings. The van der Waals surface area contributed by atoms with Crippen molar-refractivity contribution >= 4 is 5.97 Å². The van der Waals surface area contributed by atoms with Crippen LogP contribution in [0.2, 0.25) is 0 Å². The van der Waals surface area contributed by atoms with Gasteiger partial charge in [0.15, 0.2) is 0 Å². The van der Waals surface area contributed by atoms with Gasteiger partial charge in [0.05, 0.1) is 5.92 Å². The van der Waals surface area contributed by atoms with E-state index in [1.807, 2.05) is 30.3 Å². The highest BCUT2D eigenvalue weighted by Crippen LogP contribution is 2.43. The maximum atomic E-state index is 11.9. The number of carbonyl (C=O) groups excluding carboxylic acids is 1. The summed E-state index contributed by atoms with van der Waals surface area (Å²) in [6.07, 6.45) is 4.82. The van der Waals surface area contributed by atoms with E-state index in [4.69, 9.17) is 4.74 Å². The van der Waals surface area contributed by atoms with Gasteiger partial charge >= 0.3 is 5.97 Å². The fourth-order valence-electron chi connectivity index (χ4n) is 3.09. The van der Waals surface area contributed by atoms with E-state index >= 15 is 0 Å². The Morgan fingerprint density at radius 2 is 1.81 bits per heavy atom. The number of benzene rings is 1. The van der Waals surface area contributed by atoms with Gasteiger partial charge in [0.1, 0.15) is 6.10 Å². The van der Waals surface area contributed by atoms with Crippen LogP contribution in [0, 0.1) is 5.92 Å². The molecule has 2 heteroatoms. The molecule has 2 aliphatic rings. The average Bonchev–Trinajstić information content (AvgIpc) is 2.66. The summed E-state index contributed by atoms with van der Waals surface area (Å²) in [5, 5.41) is 0. The van der Waals surface area contributed by atoms with Gasteiger partial charge in [-0.15, -0.1) is 0 Å². The van der Waals surface area contributed by atoms with E-state index in [0.29, 0.717) is 5.92 Å². The maximum Gasteiger partial charge on any atom is 0.314 e. The lowest BCUT2D eigenvalue weighted by Crippen LogP contribution is -2.23. The number of rotatable bonds is 1. The van der Waals surface area contributed by atoms with Crippen LogP contribution in [0.25, 0.3) is 0 Å². The van der Waals surface area contributed by atoms with Crippen LogP contribution in [0.1, 0.15) is 37.2 Å². The van der Waals surface area contributed by atoms with Gasteiger partial charge in [-0.1, -0.05) is 36.8 Å². The molecule has 1 aliphatic carbocycles. The highest BCUT2D eigenvalue weighted by atomic mass is 16.6. The van der Waals surface area contributed by atoms with E-state index in [-0.39, 0.29) is 18.0 Å². The molecule has 0 spiro atoms. The first kappa shape index (κ1) is 9.88. The number of fused-ring (bicyclic) bond motifs is 1. The molecule has 0 aromatic heterocycles. The molecular weight excluding hydrogens is 200 g/mol. The summed E-state index contributed by atoms with van der Waals surface area (Å²) in [4.78, 5) is 11.9. The van der Waals surface area contributed by atoms with Crippen molar-refractivity contribution in [2.75, 3.05) is 0 Å². The van der Waals surface area contributed by atoms with Crippen molar-refractivity contribution < 1.29 is 9.53 Å². The Kier molecular flexibility index (Phi) is 2.43. The Bertz CT molecular complexity index is 385. The van der Waals surface area contributed by atoms with Crippen molar-refractivity contribution in [3.05, 3.63) is 35.9 Å². The third-order valence-corrected chi connectivity index (χ3v) is 3.86. The first-order valence-corrected chi connectivity index (χ1v) is 6.12. The van der Waals surface area contributed by atoms with E-state index in [1.165, 1.54) is 12.8 Å². The van der Waals surface area contributed by atoms with Gasteiger partial charge < -0.3 is 4.74 Å². The fourth-order valence-corrected chi connectivity index (χ4v) is 3.09. The van der Waals surface area contributed by atoms with Crippen molar-refractivity contribution in [1.82, 2.24) is 0 Å². The summed E-state index contributed by atoms with van der Waals surface area (Å²) < 4.78 is 5.49. The quantitative estimate of drug-likeness (QED) is 0.675. The molecule has 1 heterocycles. The van der Waals surface area contributed by atoms with Gasteiger partial charge in [-0.3, -0.25) is 4.79 Å². The lowest BCUT2D eigenvalue weighted by molar-refractivity contribution is -0.142. The summed E-state index contributed by atoms with van der Waals surface area (Å²) in [7, 11) is 0. The van der Waals surface area contributed by atoms with Crippen LogP contribution >= 0.6 is 0 Å². The topological polar surface area (TPSA) is 26.3 Å². The van der Waals surface area contributed by atoms with Crippen molar-refractivity contribution in [2.24, 2.45) is 5.92 Å². The molecule has 16 heavy (non-hydrogen) atoms. The second kappa shape index (κ2) is 3.93. The lowest BCUT2D eigenvalue weighted by atomic mass is 9.77. The molecule has 0 radical (unpaired) electrons. The predicted molar refractivity (Wildman–Crippen MR) is 61.0 cm³/mol. The number of ether oxygens (including phenoxy) is 1. The highest BCUT2D eigenvalue weighted by molar-refractivity contribution is 5.81. The zero-order valence-corrected chi connectivity index (χ0v) is 9.26.